The number of nitrogens with one attached hydrogen (secondary N) is 1. The van der Waals surface area contributed by atoms with Crippen molar-refractivity contribution in [2.45, 2.75) is 70.5 Å². The highest BCUT2D eigenvalue weighted by Crippen LogP contribution is 2.25. The van der Waals surface area contributed by atoms with Gasteiger partial charge in [-0.25, -0.2) is 8.78 Å². The number of rotatable bonds is 9. The zero-order chi connectivity index (χ0) is 25.7. The second-order valence-electron chi connectivity index (χ2n) is 10.3. The summed E-state index contributed by atoms with van der Waals surface area (Å²) in [6, 6.07) is 7.73. The lowest BCUT2D eigenvalue weighted by atomic mass is 9.90. The van der Waals surface area contributed by atoms with Crippen LogP contribution in [0.3, 0.4) is 0 Å². The van der Waals surface area contributed by atoms with Gasteiger partial charge in [-0.2, -0.15) is 0 Å². The molecule has 36 heavy (non-hydrogen) atoms. The van der Waals surface area contributed by atoms with Crippen LogP contribution in [0.2, 0.25) is 0 Å². The Morgan fingerprint density at radius 3 is 2.42 bits per heavy atom. The number of ketones is 1. The molecule has 1 amide bonds. The number of hydrogen-bond acceptors (Lipinski definition) is 5. The van der Waals surface area contributed by atoms with Crippen molar-refractivity contribution >= 4 is 17.4 Å². The molecule has 0 radical (unpaired) electrons. The number of halogens is 2. The van der Waals surface area contributed by atoms with Crippen LogP contribution in [-0.4, -0.2) is 59.3 Å². The van der Waals surface area contributed by atoms with E-state index in [0.717, 1.165) is 63.1 Å². The van der Waals surface area contributed by atoms with Gasteiger partial charge >= 0.3 is 0 Å². The minimum absolute atomic E-state index is 0.0109. The van der Waals surface area contributed by atoms with Gasteiger partial charge in [0.05, 0.1) is 6.04 Å². The van der Waals surface area contributed by atoms with Crippen molar-refractivity contribution in [1.82, 2.24) is 15.2 Å². The van der Waals surface area contributed by atoms with Gasteiger partial charge in [-0.05, 0) is 82.3 Å². The highest BCUT2D eigenvalue weighted by molar-refractivity contribution is 5.90. The smallest absolute Gasteiger partial charge is 0.224 e. The summed E-state index contributed by atoms with van der Waals surface area (Å²) in [6.45, 7) is 6.66. The molecule has 0 saturated carbocycles. The molecule has 194 valence electrons. The number of Topliss-reactive ketones (excluding diaryl/α,β-unsaturated/α-hetero) is 1. The van der Waals surface area contributed by atoms with E-state index in [0.29, 0.717) is 5.56 Å². The highest BCUT2D eigenvalue weighted by atomic mass is 19.2. The molecule has 1 aromatic heterocycles. The largest absolute Gasteiger partial charge is 0.371 e. The molecule has 0 aliphatic carbocycles. The van der Waals surface area contributed by atoms with E-state index >= 15 is 0 Å². The van der Waals surface area contributed by atoms with Gasteiger partial charge in [0.25, 0.3) is 0 Å². The molecule has 6 nitrogen and oxygen atoms in total. The third-order valence-corrected chi connectivity index (χ3v) is 7.48. The lowest BCUT2D eigenvalue weighted by Gasteiger charge is -2.34. The summed E-state index contributed by atoms with van der Waals surface area (Å²) >= 11 is 0. The number of hydrogen-bond donors (Lipinski definition) is 1. The molecule has 3 heterocycles. The zero-order valence-corrected chi connectivity index (χ0v) is 21.1. The lowest BCUT2D eigenvalue weighted by Crippen LogP contribution is -2.48. The molecule has 8 heteroatoms. The van der Waals surface area contributed by atoms with Crippen LogP contribution in [0.4, 0.5) is 14.5 Å². The average Bonchev–Trinajstić information content (AvgIpc) is 3.37. The van der Waals surface area contributed by atoms with Gasteiger partial charge in [0.1, 0.15) is 0 Å². The minimum Gasteiger partial charge on any atom is -0.371 e. The molecule has 0 bridgehead atoms. The second kappa shape index (κ2) is 11.9. The van der Waals surface area contributed by atoms with E-state index in [-0.39, 0.29) is 42.7 Å². The van der Waals surface area contributed by atoms with Gasteiger partial charge in [0, 0.05) is 55.6 Å². The lowest BCUT2D eigenvalue weighted by molar-refractivity contribution is -0.132. The molecular formula is C28H36F2N4O2. The van der Waals surface area contributed by atoms with Crippen LogP contribution in [-0.2, 0) is 16.0 Å². The zero-order valence-electron chi connectivity index (χ0n) is 21.1. The first-order chi connectivity index (χ1) is 17.3. The van der Waals surface area contributed by atoms with E-state index in [1.807, 2.05) is 12.1 Å². The summed E-state index contributed by atoms with van der Waals surface area (Å²) in [5, 5.41) is 3.16. The third-order valence-electron chi connectivity index (χ3n) is 7.48. The van der Waals surface area contributed by atoms with Gasteiger partial charge in [0.15, 0.2) is 17.4 Å². The van der Waals surface area contributed by atoms with Crippen molar-refractivity contribution in [3.63, 3.8) is 0 Å². The van der Waals surface area contributed by atoms with E-state index in [4.69, 9.17) is 0 Å². The Labute approximate surface area is 212 Å². The standard InChI is InChI=1S/C28H36F2N4O2/c1-19(2)34-13-3-4-26(34)27(35)18-21(16-20-5-6-24(29)25(30)17-20)28(36)32-22-9-14-33(15-10-22)23-7-11-31-12-8-23/h5-8,11-12,17,19,21-22,26H,3-4,9-10,13-16,18H2,1-2H3,(H,32,36)/t21-,26-/m1/s1. The molecule has 1 aromatic carbocycles. The van der Waals surface area contributed by atoms with Crippen LogP contribution in [0.1, 0.15) is 51.5 Å². The van der Waals surface area contributed by atoms with E-state index in [1.165, 1.54) is 6.07 Å². The highest BCUT2D eigenvalue weighted by Gasteiger charge is 2.35. The van der Waals surface area contributed by atoms with Crippen LogP contribution in [0.25, 0.3) is 0 Å². The first-order valence-electron chi connectivity index (χ1n) is 13.0. The molecule has 2 aromatic rings. The van der Waals surface area contributed by atoms with E-state index < -0.39 is 17.6 Å². The minimum atomic E-state index is -0.941. The Hall–Kier alpha value is -2.87. The summed E-state index contributed by atoms with van der Waals surface area (Å²) in [7, 11) is 0. The summed E-state index contributed by atoms with van der Waals surface area (Å²) in [4.78, 5) is 35.3. The molecule has 2 saturated heterocycles. The van der Waals surface area contributed by atoms with Crippen LogP contribution in [0.5, 0.6) is 0 Å². The van der Waals surface area contributed by atoms with Gasteiger partial charge in [-0.3, -0.25) is 19.5 Å². The summed E-state index contributed by atoms with van der Waals surface area (Å²) in [5.41, 5.74) is 1.63. The Kier molecular flexibility index (Phi) is 8.67. The number of aromatic nitrogens is 1. The number of piperidine rings is 1. The molecule has 2 fully saturated rings. The molecule has 0 spiro atoms. The Morgan fingerprint density at radius 1 is 1.03 bits per heavy atom. The molecule has 2 atom stereocenters. The number of pyridine rings is 1. The predicted molar refractivity (Wildman–Crippen MR) is 136 cm³/mol. The second-order valence-corrected chi connectivity index (χ2v) is 10.3. The molecule has 2 aliphatic heterocycles. The molecule has 4 rings (SSSR count). The van der Waals surface area contributed by atoms with Gasteiger partial charge in [0.2, 0.25) is 5.91 Å². The maximum Gasteiger partial charge on any atom is 0.224 e. The number of benzene rings is 1. The predicted octanol–water partition coefficient (Wildman–Crippen LogP) is 4.14. The van der Waals surface area contributed by atoms with Crippen LogP contribution < -0.4 is 10.2 Å². The number of likely N-dealkylation sites (tertiary alicyclic amines) is 1. The number of carbonyl (C=O) groups excluding carboxylic acids is 2. The van der Waals surface area contributed by atoms with Crippen LogP contribution >= 0.6 is 0 Å². The Balaban J connectivity index is 1.42. The average molecular weight is 499 g/mol. The maximum atomic E-state index is 13.9. The van der Waals surface area contributed by atoms with Crippen molar-refractivity contribution < 1.29 is 18.4 Å². The van der Waals surface area contributed by atoms with Crippen molar-refractivity contribution in [3.8, 4) is 0 Å². The number of carbonyl (C=O) groups is 2. The van der Waals surface area contributed by atoms with Crippen molar-refractivity contribution in [3.05, 3.63) is 59.9 Å². The topological polar surface area (TPSA) is 65.5 Å². The Morgan fingerprint density at radius 2 is 1.75 bits per heavy atom. The molecule has 1 N–H and O–H groups in total. The van der Waals surface area contributed by atoms with Crippen molar-refractivity contribution in [2.75, 3.05) is 24.5 Å². The molecule has 0 unspecified atom stereocenters. The first kappa shape index (κ1) is 26.2. The fraction of sp³-hybridized carbons (Fsp3) is 0.536. The number of anilines is 1. The van der Waals surface area contributed by atoms with Crippen LogP contribution in [0, 0.1) is 17.6 Å². The van der Waals surface area contributed by atoms with Crippen molar-refractivity contribution in [2.24, 2.45) is 5.92 Å². The van der Waals surface area contributed by atoms with E-state index in [1.54, 1.807) is 12.4 Å². The van der Waals surface area contributed by atoms with Gasteiger partial charge < -0.3 is 10.2 Å². The molecule has 2 aliphatic rings. The fourth-order valence-corrected chi connectivity index (χ4v) is 5.50. The molecular weight excluding hydrogens is 462 g/mol. The van der Waals surface area contributed by atoms with E-state index in [2.05, 4.69) is 33.9 Å². The van der Waals surface area contributed by atoms with Gasteiger partial charge in [-0.15, -0.1) is 0 Å². The normalized spacial score (nSPS) is 20.0. The SMILES string of the molecule is CC(C)N1CCC[C@@H]1C(=O)C[C@@H](Cc1ccc(F)c(F)c1)C(=O)NC1CCN(c2ccncc2)CC1. The Bertz CT molecular complexity index is 1040. The van der Waals surface area contributed by atoms with E-state index in [9.17, 15) is 18.4 Å². The maximum absolute atomic E-state index is 13.9. The number of nitrogens with zero attached hydrogens (tertiary/aromatic N) is 3. The quantitative estimate of drug-likeness (QED) is 0.563. The summed E-state index contributed by atoms with van der Waals surface area (Å²) in [5.74, 6) is -2.63. The van der Waals surface area contributed by atoms with Crippen molar-refractivity contribution in [1.29, 1.82) is 0 Å². The fourth-order valence-electron chi connectivity index (χ4n) is 5.50. The first-order valence-corrected chi connectivity index (χ1v) is 13.0. The summed E-state index contributed by atoms with van der Waals surface area (Å²) < 4.78 is 27.3. The monoisotopic (exact) mass is 498 g/mol. The van der Waals surface area contributed by atoms with Crippen LogP contribution in [0.15, 0.2) is 42.7 Å². The number of amides is 1. The third kappa shape index (κ3) is 6.46. The summed E-state index contributed by atoms with van der Waals surface area (Å²) in [6.07, 6.45) is 7.18. The van der Waals surface area contributed by atoms with Gasteiger partial charge in [-0.1, -0.05) is 6.07 Å².